The van der Waals surface area contributed by atoms with Crippen LogP contribution in [0.15, 0.2) is 46.8 Å². The minimum atomic E-state index is 0.680. The van der Waals surface area contributed by atoms with E-state index in [1.807, 2.05) is 6.07 Å². The minimum absolute atomic E-state index is 0.680. The van der Waals surface area contributed by atoms with E-state index in [9.17, 15) is 0 Å². The van der Waals surface area contributed by atoms with Gasteiger partial charge in [0.25, 0.3) is 0 Å². The van der Waals surface area contributed by atoms with E-state index >= 15 is 0 Å². The maximum absolute atomic E-state index is 4.70. The van der Waals surface area contributed by atoms with Crippen molar-refractivity contribution < 1.29 is 0 Å². The van der Waals surface area contributed by atoms with E-state index in [1.54, 1.807) is 22.6 Å². The summed E-state index contributed by atoms with van der Waals surface area (Å²) in [7, 11) is 0. The molecule has 21 heavy (non-hydrogen) atoms. The summed E-state index contributed by atoms with van der Waals surface area (Å²) in [6.45, 7) is 2.08. The molecular weight excluding hydrogens is 284 g/mol. The normalized spacial score (nSPS) is 13.9. The first kappa shape index (κ1) is 12.3. The molecule has 4 rings (SSSR count). The molecule has 0 atom stereocenters. The van der Waals surface area contributed by atoms with Crippen LogP contribution in [0.5, 0.6) is 0 Å². The molecule has 6 nitrogen and oxygen atoms in total. The van der Waals surface area contributed by atoms with E-state index in [4.69, 9.17) is 5.10 Å². The highest BCUT2D eigenvalue weighted by Gasteiger charge is 2.21. The molecule has 0 saturated carbocycles. The van der Waals surface area contributed by atoms with Crippen molar-refractivity contribution >= 4 is 17.5 Å². The second kappa shape index (κ2) is 4.85. The van der Waals surface area contributed by atoms with Gasteiger partial charge in [0.05, 0.1) is 5.71 Å². The number of thioether (sulfide) groups is 1. The van der Waals surface area contributed by atoms with Crippen molar-refractivity contribution in [2.45, 2.75) is 12.1 Å². The van der Waals surface area contributed by atoms with E-state index in [2.05, 4.69) is 51.6 Å². The van der Waals surface area contributed by atoms with Gasteiger partial charge < -0.3 is 0 Å². The number of rotatable bonds is 2. The van der Waals surface area contributed by atoms with E-state index < -0.39 is 0 Å². The van der Waals surface area contributed by atoms with Gasteiger partial charge in [-0.05, 0) is 18.6 Å². The van der Waals surface area contributed by atoms with Crippen molar-refractivity contribution in [1.82, 2.24) is 25.1 Å². The van der Waals surface area contributed by atoms with E-state index in [-0.39, 0.29) is 0 Å². The highest BCUT2D eigenvalue weighted by atomic mass is 32.2. The van der Waals surface area contributed by atoms with Crippen LogP contribution in [0.2, 0.25) is 0 Å². The van der Waals surface area contributed by atoms with Crippen LogP contribution >= 0.6 is 11.8 Å². The number of aryl methyl sites for hydroxylation is 1. The fourth-order valence-electron chi connectivity index (χ4n) is 2.16. The van der Waals surface area contributed by atoms with Gasteiger partial charge in [-0.25, -0.2) is 0 Å². The number of hydrogen-bond acceptors (Lipinski definition) is 5. The van der Waals surface area contributed by atoms with E-state index in [1.165, 1.54) is 5.56 Å². The maximum Gasteiger partial charge on any atom is 0.212 e. The van der Waals surface area contributed by atoms with Crippen molar-refractivity contribution in [2.75, 3.05) is 5.75 Å². The molecule has 0 bridgehead atoms. The molecule has 1 aromatic carbocycles. The van der Waals surface area contributed by atoms with Crippen LogP contribution in [0.3, 0.4) is 0 Å². The van der Waals surface area contributed by atoms with Gasteiger partial charge in [-0.15, -0.1) is 10.2 Å². The standard InChI is InChI=1S/C14H12N6S/c1-9-2-4-10(5-3-9)12-8-21-14-18-17-13(20(14)19-12)11-6-7-15-16-11/h2-7H,8H2,1H3,(H,15,16). The van der Waals surface area contributed by atoms with Crippen LogP contribution in [-0.4, -0.2) is 36.5 Å². The number of nitrogens with one attached hydrogen (secondary N) is 1. The summed E-state index contributed by atoms with van der Waals surface area (Å²) in [6.07, 6.45) is 1.69. The Bertz CT molecular complexity index is 801. The van der Waals surface area contributed by atoms with Crippen molar-refractivity contribution in [3.63, 3.8) is 0 Å². The molecule has 2 aromatic heterocycles. The average Bonchev–Trinajstić information content (AvgIpc) is 3.16. The minimum Gasteiger partial charge on any atom is -0.275 e. The Morgan fingerprint density at radius 2 is 2.00 bits per heavy atom. The third kappa shape index (κ3) is 2.15. The summed E-state index contributed by atoms with van der Waals surface area (Å²) in [5, 5.41) is 20.7. The zero-order chi connectivity index (χ0) is 14.2. The van der Waals surface area contributed by atoms with Crippen LogP contribution < -0.4 is 0 Å². The van der Waals surface area contributed by atoms with Gasteiger partial charge in [-0.1, -0.05) is 41.6 Å². The molecule has 3 aromatic rings. The van der Waals surface area contributed by atoms with Crippen LogP contribution in [0.1, 0.15) is 11.1 Å². The van der Waals surface area contributed by atoms with Gasteiger partial charge in [0.2, 0.25) is 11.0 Å². The monoisotopic (exact) mass is 296 g/mol. The molecule has 0 spiro atoms. The van der Waals surface area contributed by atoms with Gasteiger partial charge >= 0.3 is 0 Å². The lowest BCUT2D eigenvalue weighted by atomic mass is 10.1. The Balaban J connectivity index is 1.79. The van der Waals surface area contributed by atoms with Gasteiger partial charge in [-0.3, -0.25) is 5.10 Å². The Hall–Kier alpha value is -2.41. The molecule has 7 heteroatoms. The van der Waals surface area contributed by atoms with Crippen molar-refractivity contribution in [1.29, 1.82) is 0 Å². The molecule has 0 radical (unpaired) electrons. The molecule has 0 saturated heterocycles. The van der Waals surface area contributed by atoms with Crippen LogP contribution in [0.25, 0.3) is 11.5 Å². The van der Waals surface area contributed by atoms with Gasteiger partial charge in [0.1, 0.15) is 5.69 Å². The number of benzene rings is 1. The number of nitrogens with zero attached hydrogens (tertiary/aromatic N) is 5. The fraction of sp³-hybridized carbons (Fsp3) is 0.143. The molecular formula is C14H12N6S. The number of fused-ring (bicyclic) bond motifs is 1. The first-order chi connectivity index (χ1) is 10.3. The predicted molar refractivity (Wildman–Crippen MR) is 81.4 cm³/mol. The zero-order valence-electron chi connectivity index (χ0n) is 11.3. The number of H-pyrrole nitrogens is 1. The largest absolute Gasteiger partial charge is 0.275 e. The Labute approximate surface area is 125 Å². The third-order valence-electron chi connectivity index (χ3n) is 3.30. The average molecular weight is 296 g/mol. The molecule has 0 unspecified atom stereocenters. The Morgan fingerprint density at radius 1 is 1.14 bits per heavy atom. The quantitative estimate of drug-likeness (QED) is 0.788. The molecule has 1 aliphatic heterocycles. The predicted octanol–water partition coefficient (Wildman–Crippen LogP) is 2.33. The third-order valence-corrected chi connectivity index (χ3v) is 4.23. The van der Waals surface area contributed by atoms with Crippen molar-refractivity contribution in [2.24, 2.45) is 5.10 Å². The lowest BCUT2D eigenvalue weighted by Gasteiger charge is -2.13. The Morgan fingerprint density at radius 3 is 2.76 bits per heavy atom. The molecule has 1 N–H and O–H groups in total. The summed E-state index contributed by atoms with van der Waals surface area (Å²) < 4.78 is 1.77. The molecule has 0 aliphatic carbocycles. The van der Waals surface area contributed by atoms with Crippen LogP contribution in [-0.2, 0) is 0 Å². The summed E-state index contributed by atoms with van der Waals surface area (Å²) in [5.41, 5.74) is 4.20. The fourth-order valence-corrected chi connectivity index (χ4v) is 3.00. The molecule has 0 fully saturated rings. The molecule has 3 heterocycles. The first-order valence-electron chi connectivity index (χ1n) is 6.54. The number of aromatic amines is 1. The smallest absolute Gasteiger partial charge is 0.212 e. The summed E-state index contributed by atoms with van der Waals surface area (Å²) in [4.78, 5) is 0. The van der Waals surface area contributed by atoms with Crippen LogP contribution in [0.4, 0.5) is 0 Å². The van der Waals surface area contributed by atoms with Gasteiger partial charge in [0.15, 0.2) is 0 Å². The van der Waals surface area contributed by atoms with E-state index in [0.29, 0.717) is 5.82 Å². The van der Waals surface area contributed by atoms with Crippen LogP contribution in [0, 0.1) is 6.92 Å². The highest BCUT2D eigenvalue weighted by molar-refractivity contribution is 7.99. The van der Waals surface area contributed by atoms with E-state index in [0.717, 1.165) is 27.9 Å². The zero-order valence-corrected chi connectivity index (χ0v) is 12.1. The van der Waals surface area contributed by atoms with Crippen molar-refractivity contribution in [3.05, 3.63) is 47.7 Å². The second-order valence-electron chi connectivity index (χ2n) is 4.79. The Kier molecular flexibility index (Phi) is 2.85. The lowest BCUT2D eigenvalue weighted by molar-refractivity contribution is 0.760. The number of aromatic nitrogens is 5. The first-order valence-corrected chi connectivity index (χ1v) is 7.53. The topological polar surface area (TPSA) is 71.8 Å². The van der Waals surface area contributed by atoms with Gasteiger partial charge in [-0.2, -0.15) is 14.9 Å². The number of hydrogen-bond donors (Lipinski definition) is 1. The summed E-state index contributed by atoms with van der Waals surface area (Å²) >= 11 is 1.64. The molecule has 1 aliphatic rings. The maximum atomic E-state index is 4.70. The van der Waals surface area contributed by atoms with Gasteiger partial charge in [0, 0.05) is 11.9 Å². The molecule has 0 amide bonds. The SMILES string of the molecule is Cc1ccc(C2=Nn3c(nnc3-c3ccn[nH]3)SC2)cc1. The summed E-state index contributed by atoms with van der Waals surface area (Å²) in [6, 6.07) is 10.2. The highest BCUT2D eigenvalue weighted by Crippen LogP contribution is 2.27. The molecule has 104 valence electrons. The van der Waals surface area contributed by atoms with Crippen molar-refractivity contribution in [3.8, 4) is 11.5 Å². The second-order valence-corrected chi connectivity index (χ2v) is 5.73. The summed E-state index contributed by atoms with van der Waals surface area (Å²) in [5.74, 6) is 1.48. The lowest BCUT2D eigenvalue weighted by Crippen LogP contribution is -2.13.